The minimum Gasteiger partial charge on any atom is -0.477 e. The fourth-order valence-electron chi connectivity index (χ4n) is 4.26. The van der Waals surface area contributed by atoms with E-state index in [1.54, 1.807) is 30.6 Å². The summed E-state index contributed by atoms with van der Waals surface area (Å²) in [6, 6.07) is 34.1. The second kappa shape index (κ2) is 10.4. The van der Waals surface area contributed by atoms with E-state index in [-0.39, 0.29) is 5.69 Å². The molecule has 5 heterocycles. The molecule has 0 unspecified atom stereocenters. The van der Waals surface area contributed by atoms with Crippen molar-refractivity contribution in [2.24, 2.45) is 0 Å². The van der Waals surface area contributed by atoms with Gasteiger partial charge in [-0.3, -0.25) is 9.97 Å². The predicted molar refractivity (Wildman–Crippen MR) is 150 cm³/mol. The Labute approximate surface area is 224 Å². The highest BCUT2D eigenvalue weighted by atomic mass is 16.4. The van der Waals surface area contributed by atoms with Gasteiger partial charge in [-0.1, -0.05) is 48.5 Å². The van der Waals surface area contributed by atoms with E-state index in [1.165, 1.54) is 0 Å². The molecule has 1 N–H and O–H groups in total. The van der Waals surface area contributed by atoms with Crippen molar-refractivity contribution in [3.8, 4) is 56.5 Å². The normalized spacial score (nSPS) is 10.8. The molecule has 0 bridgehead atoms. The van der Waals surface area contributed by atoms with E-state index in [0.29, 0.717) is 11.4 Å². The van der Waals surface area contributed by atoms with Gasteiger partial charge in [-0.05, 0) is 71.8 Å². The highest BCUT2D eigenvalue weighted by molar-refractivity contribution is 5.88. The van der Waals surface area contributed by atoms with Crippen molar-refractivity contribution in [2.75, 3.05) is 0 Å². The fraction of sp³-hybridized carbons (Fsp3) is 0. The number of carboxylic acids is 1. The average Bonchev–Trinajstić information content (AvgIpc) is 3.02. The molecule has 0 radical (unpaired) electrons. The Morgan fingerprint density at radius 3 is 1.56 bits per heavy atom. The standard InChI is InChI=1S/C32H21N5O2/c38-32(39)31-20-23(19-30(37-31)26-8-2-4-18-34-26)21-13-15-22(16-14-21)24-9-5-11-28(35-24)29-12-6-10-27(36-29)25-7-1-3-17-33-25/h1-20H,(H,38,39). The molecule has 0 spiro atoms. The van der Waals surface area contributed by atoms with E-state index in [9.17, 15) is 9.90 Å². The van der Waals surface area contributed by atoms with Crippen LogP contribution in [0.15, 0.2) is 122 Å². The number of hydrogen-bond acceptors (Lipinski definition) is 6. The van der Waals surface area contributed by atoms with Crippen LogP contribution in [0.3, 0.4) is 0 Å². The lowest BCUT2D eigenvalue weighted by Crippen LogP contribution is -2.02. The molecule has 0 saturated heterocycles. The number of aromatic nitrogens is 5. The summed E-state index contributed by atoms with van der Waals surface area (Å²) in [6.07, 6.45) is 3.41. The third-order valence-corrected chi connectivity index (χ3v) is 6.17. The maximum atomic E-state index is 11.8. The van der Waals surface area contributed by atoms with Crippen LogP contribution in [0.25, 0.3) is 56.5 Å². The number of nitrogens with zero attached hydrogens (tertiary/aromatic N) is 5. The van der Waals surface area contributed by atoms with Crippen molar-refractivity contribution in [1.82, 2.24) is 24.9 Å². The van der Waals surface area contributed by atoms with Gasteiger partial charge in [0.15, 0.2) is 0 Å². The van der Waals surface area contributed by atoms with Gasteiger partial charge in [-0.2, -0.15) is 0 Å². The Morgan fingerprint density at radius 1 is 0.462 bits per heavy atom. The number of benzene rings is 1. The van der Waals surface area contributed by atoms with Crippen LogP contribution in [0.1, 0.15) is 10.5 Å². The predicted octanol–water partition coefficient (Wildman–Crippen LogP) is 6.69. The summed E-state index contributed by atoms with van der Waals surface area (Å²) in [5, 5.41) is 9.62. The van der Waals surface area contributed by atoms with Crippen LogP contribution < -0.4 is 0 Å². The zero-order valence-electron chi connectivity index (χ0n) is 20.6. The lowest BCUT2D eigenvalue weighted by atomic mass is 10.0. The first-order valence-electron chi connectivity index (χ1n) is 12.3. The van der Waals surface area contributed by atoms with Crippen molar-refractivity contribution in [2.45, 2.75) is 0 Å². The van der Waals surface area contributed by atoms with Gasteiger partial charge in [0.25, 0.3) is 0 Å². The van der Waals surface area contributed by atoms with E-state index in [1.807, 2.05) is 91.0 Å². The molecule has 6 rings (SSSR count). The number of hydrogen-bond donors (Lipinski definition) is 1. The van der Waals surface area contributed by atoms with Gasteiger partial charge in [0.1, 0.15) is 5.69 Å². The Morgan fingerprint density at radius 2 is 0.974 bits per heavy atom. The number of rotatable bonds is 6. The molecule has 0 aliphatic rings. The molecule has 0 aliphatic heterocycles. The summed E-state index contributed by atoms with van der Waals surface area (Å²) in [5.41, 5.74) is 7.53. The fourth-order valence-corrected chi connectivity index (χ4v) is 4.26. The summed E-state index contributed by atoms with van der Waals surface area (Å²) < 4.78 is 0. The second-order valence-electron chi connectivity index (χ2n) is 8.75. The molecule has 5 aromatic heterocycles. The topological polar surface area (TPSA) is 102 Å². The molecular weight excluding hydrogens is 486 g/mol. The zero-order chi connectivity index (χ0) is 26.6. The van der Waals surface area contributed by atoms with E-state index in [2.05, 4.69) is 15.0 Å². The number of pyridine rings is 5. The van der Waals surface area contributed by atoms with Crippen LogP contribution in [0.2, 0.25) is 0 Å². The highest BCUT2D eigenvalue weighted by Gasteiger charge is 2.13. The van der Waals surface area contributed by atoms with Crippen molar-refractivity contribution in [3.63, 3.8) is 0 Å². The largest absolute Gasteiger partial charge is 0.477 e. The molecule has 39 heavy (non-hydrogen) atoms. The Balaban J connectivity index is 1.32. The molecule has 0 aliphatic carbocycles. The van der Waals surface area contributed by atoms with E-state index in [4.69, 9.17) is 9.97 Å². The third kappa shape index (κ3) is 5.14. The molecule has 1 aromatic carbocycles. The molecule has 0 saturated carbocycles. The number of carboxylic acid groups (broad SMARTS) is 1. The smallest absolute Gasteiger partial charge is 0.354 e. The first kappa shape index (κ1) is 23.8. The maximum absolute atomic E-state index is 11.8. The molecule has 7 heteroatoms. The molecule has 186 valence electrons. The average molecular weight is 508 g/mol. The zero-order valence-corrected chi connectivity index (χ0v) is 20.6. The molecule has 7 nitrogen and oxygen atoms in total. The van der Waals surface area contributed by atoms with Crippen molar-refractivity contribution in [1.29, 1.82) is 0 Å². The van der Waals surface area contributed by atoms with Gasteiger partial charge in [0.05, 0.1) is 39.9 Å². The highest BCUT2D eigenvalue weighted by Crippen LogP contribution is 2.29. The van der Waals surface area contributed by atoms with Gasteiger partial charge in [-0.15, -0.1) is 0 Å². The molecule has 0 fully saturated rings. The molecular formula is C32H21N5O2. The number of aromatic carboxylic acids is 1. The summed E-state index contributed by atoms with van der Waals surface area (Å²) in [7, 11) is 0. The Kier molecular flexibility index (Phi) is 6.37. The molecule has 6 aromatic rings. The first-order chi connectivity index (χ1) is 19.1. The lowest BCUT2D eigenvalue weighted by Gasteiger charge is -2.09. The van der Waals surface area contributed by atoms with Crippen molar-refractivity contribution in [3.05, 3.63) is 127 Å². The van der Waals surface area contributed by atoms with Gasteiger partial charge in [0.2, 0.25) is 0 Å². The maximum Gasteiger partial charge on any atom is 0.354 e. The minimum absolute atomic E-state index is 0.0352. The molecule has 0 atom stereocenters. The van der Waals surface area contributed by atoms with E-state index >= 15 is 0 Å². The minimum atomic E-state index is -1.09. The lowest BCUT2D eigenvalue weighted by molar-refractivity contribution is 0.0690. The van der Waals surface area contributed by atoms with E-state index in [0.717, 1.165) is 45.2 Å². The number of carbonyl (C=O) groups is 1. The van der Waals surface area contributed by atoms with Crippen LogP contribution >= 0.6 is 0 Å². The van der Waals surface area contributed by atoms with Gasteiger partial charge >= 0.3 is 5.97 Å². The van der Waals surface area contributed by atoms with E-state index < -0.39 is 5.97 Å². The van der Waals surface area contributed by atoms with Crippen molar-refractivity contribution >= 4 is 5.97 Å². The monoisotopic (exact) mass is 507 g/mol. The van der Waals surface area contributed by atoms with Crippen LogP contribution in [-0.4, -0.2) is 36.0 Å². The van der Waals surface area contributed by atoms with Crippen LogP contribution in [0.5, 0.6) is 0 Å². The summed E-state index contributed by atoms with van der Waals surface area (Å²) >= 11 is 0. The Hall–Kier alpha value is -5.56. The van der Waals surface area contributed by atoms with Crippen LogP contribution in [0.4, 0.5) is 0 Å². The SMILES string of the molecule is O=C(O)c1cc(-c2ccc(-c3cccc(-c4cccc(-c5ccccn5)n4)n3)cc2)cc(-c2ccccn2)n1. The van der Waals surface area contributed by atoms with Crippen LogP contribution in [0, 0.1) is 0 Å². The first-order valence-corrected chi connectivity index (χ1v) is 12.3. The Bertz CT molecular complexity index is 1770. The third-order valence-electron chi connectivity index (χ3n) is 6.17. The second-order valence-corrected chi connectivity index (χ2v) is 8.75. The van der Waals surface area contributed by atoms with Crippen molar-refractivity contribution < 1.29 is 9.90 Å². The van der Waals surface area contributed by atoms with Crippen LogP contribution in [-0.2, 0) is 0 Å². The summed E-state index contributed by atoms with van der Waals surface area (Å²) in [4.78, 5) is 34.4. The van der Waals surface area contributed by atoms with Gasteiger partial charge in [0, 0.05) is 18.0 Å². The summed E-state index contributed by atoms with van der Waals surface area (Å²) in [5.74, 6) is -1.09. The molecule has 0 amide bonds. The quantitative estimate of drug-likeness (QED) is 0.268. The summed E-state index contributed by atoms with van der Waals surface area (Å²) in [6.45, 7) is 0. The van der Waals surface area contributed by atoms with Gasteiger partial charge < -0.3 is 5.11 Å². The van der Waals surface area contributed by atoms with Gasteiger partial charge in [-0.25, -0.2) is 19.7 Å².